The van der Waals surface area contributed by atoms with Gasteiger partial charge in [0.2, 0.25) is 0 Å². The average Bonchev–Trinajstić information content (AvgIpc) is 2.94. The highest BCUT2D eigenvalue weighted by Gasteiger charge is 2.05. The van der Waals surface area contributed by atoms with E-state index < -0.39 is 10.1 Å². The number of nitrogens with zero attached hydrogens (tertiary/aromatic N) is 1. The molecule has 0 aliphatic rings. The molecule has 6 heteroatoms. The van der Waals surface area contributed by atoms with Gasteiger partial charge in [-0.1, -0.05) is 30.9 Å². The van der Waals surface area contributed by atoms with Gasteiger partial charge in [-0.05, 0) is 24.1 Å². The Labute approximate surface area is 118 Å². The molecule has 0 bridgehead atoms. The molecule has 0 radical (unpaired) electrons. The number of imidazole rings is 1. The lowest BCUT2D eigenvalue weighted by Crippen LogP contribution is -1.96. The summed E-state index contributed by atoms with van der Waals surface area (Å²) >= 11 is 0. The number of allylic oxidation sites excluding steroid dienone is 2. The lowest BCUT2D eigenvalue weighted by atomic mass is 10.2. The molecule has 0 saturated carbocycles. The highest BCUT2D eigenvalue weighted by atomic mass is 32.2. The van der Waals surface area contributed by atoms with E-state index in [9.17, 15) is 8.42 Å². The number of hydrogen-bond donors (Lipinski definition) is 2. The minimum absolute atomic E-state index is 0.0741. The summed E-state index contributed by atoms with van der Waals surface area (Å²) < 4.78 is 29.2. The monoisotopic (exact) mass is 292 g/mol. The molecule has 106 valence electrons. The van der Waals surface area contributed by atoms with Crippen LogP contribution in [0.5, 0.6) is 0 Å². The molecule has 0 fully saturated rings. The van der Waals surface area contributed by atoms with Crippen molar-refractivity contribution in [1.82, 2.24) is 9.97 Å². The Bertz CT molecular complexity index is 647. The molecule has 0 spiro atoms. The first-order valence-electron chi connectivity index (χ1n) is 5.76. The Morgan fingerprint density at radius 1 is 1.35 bits per heavy atom. The van der Waals surface area contributed by atoms with Crippen molar-refractivity contribution in [3.05, 3.63) is 67.8 Å². The molecule has 1 aromatic carbocycles. The van der Waals surface area contributed by atoms with Crippen LogP contribution < -0.4 is 0 Å². The van der Waals surface area contributed by atoms with Crippen LogP contribution in [0.3, 0.4) is 0 Å². The van der Waals surface area contributed by atoms with Crippen molar-refractivity contribution in [2.45, 2.75) is 11.3 Å². The van der Waals surface area contributed by atoms with Gasteiger partial charge in [0.15, 0.2) is 0 Å². The summed E-state index contributed by atoms with van der Waals surface area (Å²) in [6.07, 6.45) is 6.09. The number of nitrogens with one attached hydrogen (secondary N) is 1. The normalized spacial score (nSPS) is 10.2. The molecular formula is C14H16N2O3S. The van der Waals surface area contributed by atoms with Gasteiger partial charge in [-0.3, -0.25) is 4.55 Å². The van der Waals surface area contributed by atoms with Crippen LogP contribution in [-0.4, -0.2) is 22.9 Å². The van der Waals surface area contributed by atoms with E-state index in [-0.39, 0.29) is 4.90 Å². The van der Waals surface area contributed by atoms with Crippen molar-refractivity contribution in [2.24, 2.45) is 0 Å². The molecule has 0 unspecified atom stereocenters. The van der Waals surface area contributed by atoms with E-state index in [2.05, 4.69) is 23.1 Å². The summed E-state index contributed by atoms with van der Waals surface area (Å²) in [5.41, 5.74) is 0.972. The van der Waals surface area contributed by atoms with Crippen LogP contribution in [0.15, 0.2) is 66.9 Å². The van der Waals surface area contributed by atoms with E-state index in [1.54, 1.807) is 30.6 Å². The van der Waals surface area contributed by atoms with Crippen molar-refractivity contribution >= 4 is 15.7 Å². The van der Waals surface area contributed by atoms with Gasteiger partial charge in [-0.25, -0.2) is 4.98 Å². The maximum atomic E-state index is 10.4. The van der Waals surface area contributed by atoms with Crippen molar-refractivity contribution in [3.63, 3.8) is 0 Å². The van der Waals surface area contributed by atoms with Crippen LogP contribution >= 0.6 is 0 Å². The molecule has 0 atom stereocenters. The van der Waals surface area contributed by atoms with E-state index in [0.29, 0.717) is 0 Å². The van der Waals surface area contributed by atoms with Gasteiger partial charge < -0.3 is 4.98 Å². The zero-order chi connectivity index (χ0) is 15.0. The number of hydrogen-bond acceptors (Lipinski definition) is 3. The Morgan fingerprint density at radius 3 is 2.40 bits per heavy atom. The fourth-order valence-electron chi connectivity index (χ4n) is 1.32. The minimum Gasteiger partial charge on any atom is -0.345 e. The molecule has 0 saturated heterocycles. The third kappa shape index (κ3) is 5.21. The number of aromatic nitrogens is 2. The van der Waals surface area contributed by atoms with Crippen LogP contribution in [0.4, 0.5) is 0 Å². The summed E-state index contributed by atoms with van der Waals surface area (Å²) in [4.78, 5) is 6.92. The fraction of sp³-hybridized carbons (Fsp3) is 0.0714. The fourth-order valence-corrected chi connectivity index (χ4v) is 1.82. The molecule has 0 amide bonds. The highest BCUT2D eigenvalue weighted by Crippen LogP contribution is 2.09. The second-order valence-electron chi connectivity index (χ2n) is 3.82. The van der Waals surface area contributed by atoms with E-state index in [0.717, 1.165) is 17.8 Å². The summed E-state index contributed by atoms with van der Waals surface area (Å²) in [6.45, 7) is 7.43. The Kier molecular flexibility index (Phi) is 5.89. The largest absolute Gasteiger partial charge is 0.345 e. The van der Waals surface area contributed by atoms with Crippen LogP contribution in [-0.2, 0) is 10.1 Å². The molecular weight excluding hydrogens is 276 g/mol. The van der Waals surface area contributed by atoms with Gasteiger partial charge in [0.25, 0.3) is 10.1 Å². The Hall–Kier alpha value is -2.18. The molecule has 20 heavy (non-hydrogen) atoms. The molecule has 2 aromatic rings. The van der Waals surface area contributed by atoms with Crippen molar-refractivity contribution in [2.75, 3.05) is 0 Å². The van der Waals surface area contributed by atoms with Crippen molar-refractivity contribution in [3.8, 4) is 0 Å². The molecule has 5 nitrogen and oxygen atoms in total. The standard InChI is InChI=1S/C8H10N2.C6H6O3S/c1-3-4-7(2)8-9-5-6-10-8;7-10(8,9)6-4-2-1-3-5-6/h3,5-6H,1-2,4H2,(H,9,10);1-5H,(H,7,8,9). The number of aromatic amines is 1. The molecule has 0 aliphatic carbocycles. The maximum absolute atomic E-state index is 10.4. The van der Waals surface area contributed by atoms with E-state index in [1.807, 2.05) is 6.08 Å². The molecule has 1 heterocycles. The first kappa shape index (κ1) is 15.9. The predicted octanol–water partition coefficient (Wildman–Crippen LogP) is 2.93. The van der Waals surface area contributed by atoms with Gasteiger partial charge in [0.1, 0.15) is 5.82 Å². The predicted molar refractivity (Wildman–Crippen MR) is 78.7 cm³/mol. The average molecular weight is 292 g/mol. The number of rotatable bonds is 4. The van der Waals surface area contributed by atoms with Gasteiger partial charge in [0.05, 0.1) is 4.90 Å². The van der Waals surface area contributed by atoms with Gasteiger partial charge in [0, 0.05) is 12.4 Å². The molecule has 0 aliphatic heterocycles. The third-order valence-electron chi connectivity index (χ3n) is 2.26. The smallest absolute Gasteiger partial charge is 0.294 e. The van der Waals surface area contributed by atoms with Crippen molar-refractivity contribution in [1.29, 1.82) is 0 Å². The van der Waals surface area contributed by atoms with Gasteiger partial charge in [-0.2, -0.15) is 8.42 Å². The third-order valence-corrected chi connectivity index (χ3v) is 3.13. The minimum atomic E-state index is -4.00. The molecule has 2 rings (SSSR count). The van der Waals surface area contributed by atoms with Gasteiger partial charge >= 0.3 is 0 Å². The van der Waals surface area contributed by atoms with E-state index >= 15 is 0 Å². The van der Waals surface area contributed by atoms with E-state index in [4.69, 9.17) is 4.55 Å². The lowest BCUT2D eigenvalue weighted by Gasteiger charge is -1.94. The van der Waals surface area contributed by atoms with Gasteiger partial charge in [-0.15, -0.1) is 6.58 Å². The van der Waals surface area contributed by atoms with E-state index in [1.165, 1.54) is 12.1 Å². The van der Waals surface area contributed by atoms with Crippen LogP contribution in [0.1, 0.15) is 12.2 Å². The number of benzene rings is 1. The number of H-pyrrole nitrogens is 1. The summed E-state index contributed by atoms with van der Waals surface area (Å²) in [5, 5.41) is 0. The zero-order valence-corrected chi connectivity index (χ0v) is 11.7. The summed E-state index contributed by atoms with van der Waals surface area (Å²) in [6, 6.07) is 7.42. The van der Waals surface area contributed by atoms with Crippen molar-refractivity contribution < 1.29 is 13.0 Å². The van der Waals surface area contributed by atoms with Crippen LogP contribution in [0.25, 0.3) is 5.57 Å². The summed E-state index contributed by atoms with van der Waals surface area (Å²) in [5.74, 6) is 0.847. The zero-order valence-electron chi connectivity index (χ0n) is 10.9. The molecule has 1 aromatic heterocycles. The lowest BCUT2D eigenvalue weighted by molar-refractivity contribution is 0.483. The van der Waals surface area contributed by atoms with Crippen LogP contribution in [0, 0.1) is 0 Å². The molecule has 2 N–H and O–H groups in total. The topological polar surface area (TPSA) is 83.0 Å². The SMILES string of the molecule is C=CCC(=C)c1ncc[nH]1.O=S(=O)(O)c1ccccc1. The van der Waals surface area contributed by atoms with Crippen LogP contribution in [0.2, 0.25) is 0 Å². The second-order valence-corrected chi connectivity index (χ2v) is 5.24. The summed E-state index contributed by atoms with van der Waals surface area (Å²) in [7, 11) is -4.00. The first-order valence-corrected chi connectivity index (χ1v) is 7.20. The second kappa shape index (κ2) is 7.42. The Balaban J connectivity index is 0.000000200. The highest BCUT2D eigenvalue weighted by molar-refractivity contribution is 7.85. The maximum Gasteiger partial charge on any atom is 0.294 e. The quantitative estimate of drug-likeness (QED) is 0.670. The Morgan fingerprint density at radius 2 is 2.00 bits per heavy atom. The first-order chi connectivity index (χ1) is 9.45.